The summed E-state index contributed by atoms with van der Waals surface area (Å²) in [5.41, 5.74) is 9.73. The third-order valence-corrected chi connectivity index (χ3v) is 6.68. The molecule has 3 rings (SSSR count). The molecule has 0 saturated heterocycles. The Labute approximate surface area is 179 Å². The lowest BCUT2D eigenvalue weighted by atomic mass is 9.79. The van der Waals surface area contributed by atoms with Gasteiger partial charge < -0.3 is 0 Å². The summed E-state index contributed by atoms with van der Waals surface area (Å²) in [7, 11) is 0. The van der Waals surface area contributed by atoms with Crippen molar-refractivity contribution in [2.75, 3.05) is 0 Å². The van der Waals surface area contributed by atoms with Gasteiger partial charge in [0.1, 0.15) is 5.02 Å². The van der Waals surface area contributed by atoms with E-state index >= 15 is 0 Å². The van der Waals surface area contributed by atoms with E-state index in [1.165, 1.54) is 32.8 Å². The van der Waals surface area contributed by atoms with Gasteiger partial charge in [0, 0.05) is 6.92 Å². The summed E-state index contributed by atoms with van der Waals surface area (Å²) in [5, 5.41) is 0.780. The molecule has 0 atom stereocenters. The average Bonchev–Trinajstić information content (AvgIpc) is 2.92. The third-order valence-electron chi connectivity index (χ3n) is 5.41. The van der Waals surface area contributed by atoms with Crippen LogP contribution < -0.4 is 4.57 Å². The second kappa shape index (κ2) is 7.31. The van der Waals surface area contributed by atoms with Crippen molar-refractivity contribution >= 4 is 22.9 Å². The van der Waals surface area contributed by atoms with Crippen molar-refractivity contribution in [3.63, 3.8) is 0 Å². The molecule has 28 heavy (non-hydrogen) atoms. The van der Waals surface area contributed by atoms with Gasteiger partial charge in [-0.1, -0.05) is 88.7 Å². The van der Waals surface area contributed by atoms with Crippen molar-refractivity contribution in [2.24, 2.45) is 0 Å². The molecule has 0 aliphatic carbocycles. The summed E-state index contributed by atoms with van der Waals surface area (Å²) >= 11 is 8.50. The molecule has 1 heterocycles. The Morgan fingerprint density at radius 3 is 1.89 bits per heavy atom. The van der Waals surface area contributed by atoms with Crippen LogP contribution in [0.15, 0.2) is 41.9 Å². The van der Waals surface area contributed by atoms with Crippen molar-refractivity contribution in [3.8, 4) is 16.8 Å². The molecule has 0 unspecified atom stereocenters. The number of benzene rings is 2. The summed E-state index contributed by atoms with van der Waals surface area (Å²) in [5.74, 6) is 0. The highest BCUT2D eigenvalue weighted by molar-refractivity contribution is 7.09. The molecule has 3 aromatic rings. The van der Waals surface area contributed by atoms with E-state index < -0.39 is 0 Å². The van der Waals surface area contributed by atoms with E-state index in [1.54, 1.807) is 11.3 Å². The van der Waals surface area contributed by atoms with Crippen LogP contribution in [0.2, 0.25) is 5.02 Å². The number of hydrogen-bond donors (Lipinski definition) is 0. The Morgan fingerprint density at radius 1 is 0.857 bits per heavy atom. The first kappa shape index (κ1) is 21.1. The molecule has 0 radical (unpaired) electrons. The van der Waals surface area contributed by atoms with Crippen LogP contribution in [-0.4, -0.2) is 0 Å². The molecule has 0 bridgehead atoms. The van der Waals surface area contributed by atoms with E-state index in [0.29, 0.717) is 0 Å². The van der Waals surface area contributed by atoms with Crippen LogP contribution in [0.3, 0.4) is 0 Å². The Hall–Kier alpha value is -1.64. The van der Waals surface area contributed by atoms with Crippen LogP contribution in [0.25, 0.3) is 16.8 Å². The predicted octanol–water partition coefficient (Wildman–Crippen LogP) is 7.56. The Bertz CT molecular complexity index is 984. The van der Waals surface area contributed by atoms with Gasteiger partial charge in [0.25, 0.3) is 0 Å². The topological polar surface area (TPSA) is 3.88 Å². The normalized spacial score (nSPS) is 12.5. The van der Waals surface area contributed by atoms with Gasteiger partial charge >= 0.3 is 0 Å². The summed E-state index contributed by atoms with van der Waals surface area (Å²) < 4.78 is 2.23. The van der Waals surface area contributed by atoms with Gasteiger partial charge in [-0.15, -0.1) is 0 Å². The van der Waals surface area contributed by atoms with Crippen LogP contribution in [0.5, 0.6) is 0 Å². The Morgan fingerprint density at radius 2 is 1.43 bits per heavy atom. The van der Waals surface area contributed by atoms with Crippen LogP contribution in [0.1, 0.15) is 63.2 Å². The minimum Gasteiger partial charge on any atom is -0.152 e. The zero-order valence-corrected chi connectivity index (χ0v) is 19.8. The fraction of sp³-hybridized carbons (Fsp3) is 0.400. The van der Waals surface area contributed by atoms with Gasteiger partial charge in [0.2, 0.25) is 11.2 Å². The van der Waals surface area contributed by atoms with Gasteiger partial charge in [0.15, 0.2) is 5.69 Å². The lowest BCUT2D eigenvalue weighted by Crippen LogP contribution is -2.32. The average molecular weight is 413 g/mol. The molecule has 2 aromatic carbocycles. The van der Waals surface area contributed by atoms with E-state index in [4.69, 9.17) is 11.6 Å². The molecular weight excluding hydrogens is 382 g/mol. The number of rotatable bonds is 2. The maximum absolute atomic E-state index is 6.74. The quantitative estimate of drug-likeness (QED) is 0.382. The minimum atomic E-state index is 0.0801. The molecule has 1 nitrogen and oxygen atoms in total. The number of thiazole rings is 1. The van der Waals surface area contributed by atoms with Gasteiger partial charge in [0.05, 0.1) is 10.4 Å². The monoisotopic (exact) mass is 412 g/mol. The number of aryl methyl sites for hydroxylation is 1. The summed E-state index contributed by atoms with van der Waals surface area (Å²) in [4.78, 5) is 1.31. The van der Waals surface area contributed by atoms with Gasteiger partial charge in [-0.3, -0.25) is 0 Å². The van der Waals surface area contributed by atoms with Crippen molar-refractivity contribution < 1.29 is 4.57 Å². The van der Waals surface area contributed by atoms with Crippen molar-refractivity contribution in [2.45, 2.75) is 66.2 Å². The molecule has 3 heteroatoms. The summed E-state index contributed by atoms with van der Waals surface area (Å²) in [6.45, 7) is 18.0. The first-order valence-electron chi connectivity index (χ1n) is 9.81. The summed E-state index contributed by atoms with van der Waals surface area (Å²) in [6.07, 6.45) is 0. The molecule has 0 N–H and O–H groups in total. The first-order valence-corrected chi connectivity index (χ1v) is 11.1. The van der Waals surface area contributed by atoms with E-state index in [-0.39, 0.29) is 10.8 Å². The molecule has 0 aliphatic heterocycles. The number of aromatic nitrogens is 1. The number of halogens is 1. The van der Waals surface area contributed by atoms with Gasteiger partial charge in [-0.25, -0.2) is 0 Å². The molecule has 0 spiro atoms. The van der Waals surface area contributed by atoms with Crippen molar-refractivity contribution in [3.05, 3.63) is 68.6 Å². The van der Waals surface area contributed by atoms with E-state index in [0.717, 1.165) is 10.7 Å². The van der Waals surface area contributed by atoms with Crippen molar-refractivity contribution in [1.29, 1.82) is 0 Å². The van der Waals surface area contributed by atoms with E-state index in [2.05, 4.69) is 95.8 Å². The second-order valence-corrected chi connectivity index (χ2v) is 11.1. The van der Waals surface area contributed by atoms with Crippen LogP contribution in [0.4, 0.5) is 0 Å². The molecule has 0 amide bonds. The molecular formula is C25H31ClNS+. The van der Waals surface area contributed by atoms with Crippen LogP contribution in [0, 0.1) is 13.8 Å². The standard InChI is InChI=1S/C25H31ClNS/c1-16-17(2)28-15-27(16)23-21(10-9-11-22(23)26)18-12-19(24(3,4)5)14-20(13-18)25(6,7)8/h9-15H,1-8H3/q+1. The Kier molecular flexibility index (Phi) is 5.51. The second-order valence-electron chi connectivity index (χ2n) is 9.67. The maximum atomic E-state index is 6.74. The van der Waals surface area contributed by atoms with E-state index in [1.807, 2.05) is 6.07 Å². The lowest BCUT2D eigenvalue weighted by molar-refractivity contribution is -0.596. The fourth-order valence-corrected chi connectivity index (χ4v) is 4.39. The van der Waals surface area contributed by atoms with E-state index in [9.17, 15) is 0 Å². The van der Waals surface area contributed by atoms with Crippen LogP contribution in [-0.2, 0) is 10.8 Å². The highest BCUT2D eigenvalue weighted by atomic mass is 35.5. The highest BCUT2D eigenvalue weighted by Gasteiger charge is 2.26. The van der Waals surface area contributed by atoms with Crippen molar-refractivity contribution in [1.82, 2.24) is 0 Å². The molecule has 0 aliphatic rings. The third kappa shape index (κ3) is 4.04. The number of hydrogen-bond acceptors (Lipinski definition) is 1. The first-order chi connectivity index (χ1) is 12.9. The predicted molar refractivity (Wildman–Crippen MR) is 123 cm³/mol. The van der Waals surface area contributed by atoms with Crippen LogP contribution >= 0.6 is 22.9 Å². The summed E-state index contributed by atoms with van der Waals surface area (Å²) in [6, 6.07) is 13.3. The molecule has 0 saturated carbocycles. The molecule has 148 valence electrons. The molecule has 1 aromatic heterocycles. The Balaban J connectivity index is 2.33. The SMILES string of the molecule is Cc1sc[n+](-c2c(Cl)cccc2-c2cc(C(C)(C)C)cc(C(C)(C)C)c2)c1C. The lowest BCUT2D eigenvalue weighted by Gasteiger charge is -2.26. The minimum absolute atomic E-state index is 0.0801. The maximum Gasteiger partial charge on any atom is 0.238 e. The highest BCUT2D eigenvalue weighted by Crippen LogP contribution is 2.37. The zero-order chi connectivity index (χ0) is 20.9. The number of para-hydroxylation sites is 1. The fourth-order valence-electron chi connectivity index (χ4n) is 3.33. The zero-order valence-electron chi connectivity index (χ0n) is 18.3. The smallest absolute Gasteiger partial charge is 0.152 e. The number of nitrogens with zero attached hydrogens (tertiary/aromatic N) is 1. The van der Waals surface area contributed by atoms with Gasteiger partial charge in [-0.05, 0) is 46.6 Å². The largest absolute Gasteiger partial charge is 0.238 e. The van der Waals surface area contributed by atoms with Gasteiger partial charge in [-0.2, -0.15) is 4.57 Å². The molecule has 0 fully saturated rings.